The van der Waals surface area contributed by atoms with Crippen LogP contribution in [-0.4, -0.2) is 31.3 Å². The molecule has 0 radical (unpaired) electrons. The topological polar surface area (TPSA) is 74.7 Å². The molecule has 0 bridgehead atoms. The summed E-state index contributed by atoms with van der Waals surface area (Å²) in [4.78, 5) is 0. The second-order valence-electron chi connectivity index (χ2n) is 4.40. The number of H-pyrrole nitrogens is 2. The first-order valence-electron chi connectivity index (χ1n) is 6.13. The Morgan fingerprint density at radius 2 is 2.14 bits per heavy atom. The highest BCUT2D eigenvalue weighted by atomic mass is 79.9. The number of hydrogen-bond acceptors (Lipinski definition) is 4. The van der Waals surface area contributed by atoms with Crippen LogP contribution in [0, 0.1) is 11.7 Å². The Kier molecular flexibility index (Phi) is 3.80. The maximum atomic E-state index is 5.20. The molecule has 0 aliphatic heterocycles. The van der Waals surface area contributed by atoms with Crippen LogP contribution in [0.5, 0.6) is 0 Å². The molecule has 0 aliphatic carbocycles. The molecule has 0 spiro atoms. The second kappa shape index (κ2) is 5.74. The van der Waals surface area contributed by atoms with E-state index in [0.717, 1.165) is 15.7 Å². The fourth-order valence-corrected chi connectivity index (χ4v) is 2.40. The molecule has 2 heterocycles. The van der Waals surface area contributed by atoms with Gasteiger partial charge in [0.2, 0.25) is 10.6 Å². The Morgan fingerprint density at radius 3 is 2.86 bits per heavy atom. The lowest BCUT2D eigenvalue weighted by Crippen LogP contribution is -1.95. The third kappa shape index (κ3) is 3.01. The molecule has 0 amide bonds. The van der Waals surface area contributed by atoms with Crippen molar-refractivity contribution >= 4 is 34.4 Å². The van der Waals surface area contributed by atoms with Gasteiger partial charge >= 0.3 is 0 Å². The molecule has 3 rings (SSSR count). The lowest BCUT2D eigenvalue weighted by molar-refractivity contribution is 0.865. The smallest absolute Gasteiger partial charge is 0.216 e. The van der Waals surface area contributed by atoms with Crippen LogP contribution in [-0.2, 0) is 0 Å². The van der Waals surface area contributed by atoms with Crippen molar-refractivity contribution in [3.8, 4) is 11.5 Å². The van der Waals surface area contributed by atoms with Gasteiger partial charge in [-0.05, 0) is 42.9 Å². The third-order valence-corrected chi connectivity index (χ3v) is 3.51. The van der Waals surface area contributed by atoms with Gasteiger partial charge < -0.3 is 0 Å². The van der Waals surface area contributed by atoms with E-state index in [2.05, 4.69) is 41.4 Å². The second-order valence-corrected chi connectivity index (χ2v) is 5.70. The molecule has 1 aromatic carbocycles. The van der Waals surface area contributed by atoms with Crippen molar-refractivity contribution in [2.45, 2.75) is 6.92 Å². The molecule has 106 valence electrons. The van der Waals surface area contributed by atoms with E-state index in [1.54, 1.807) is 10.9 Å². The molecule has 8 heteroatoms. The molecule has 2 aromatic heterocycles. The standard InChI is InChI=1S/C13H11BrN6S/c1-8-5-11(17-16-8)12-18-19-13(21)20(12)15-7-9-3-2-4-10(14)6-9/h2-7H,1H3,(H,16,17)(H,19,21)/b15-7-. The Hall–Kier alpha value is -2.06. The van der Waals surface area contributed by atoms with Gasteiger partial charge in [0.05, 0.1) is 6.21 Å². The summed E-state index contributed by atoms with van der Waals surface area (Å²) < 4.78 is 2.95. The van der Waals surface area contributed by atoms with Crippen LogP contribution >= 0.6 is 28.1 Å². The lowest BCUT2D eigenvalue weighted by atomic mass is 10.2. The molecule has 0 fully saturated rings. The zero-order valence-electron chi connectivity index (χ0n) is 11.0. The summed E-state index contributed by atoms with van der Waals surface area (Å²) in [6, 6.07) is 9.70. The third-order valence-electron chi connectivity index (χ3n) is 2.76. The normalized spacial score (nSPS) is 11.3. The van der Waals surface area contributed by atoms with E-state index in [9.17, 15) is 0 Å². The number of aromatic nitrogens is 5. The number of nitrogens with one attached hydrogen (secondary N) is 2. The van der Waals surface area contributed by atoms with E-state index in [4.69, 9.17) is 12.2 Å². The minimum absolute atomic E-state index is 0.414. The molecular formula is C13H11BrN6S. The van der Waals surface area contributed by atoms with Gasteiger partial charge in [0.15, 0.2) is 0 Å². The monoisotopic (exact) mass is 362 g/mol. The summed E-state index contributed by atoms with van der Waals surface area (Å²) in [6.07, 6.45) is 1.72. The van der Waals surface area contributed by atoms with Crippen LogP contribution in [0.1, 0.15) is 11.3 Å². The van der Waals surface area contributed by atoms with Gasteiger partial charge in [-0.2, -0.15) is 20.0 Å². The van der Waals surface area contributed by atoms with Gasteiger partial charge in [-0.15, -0.1) is 0 Å². The van der Waals surface area contributed by atoms with Crippen molar-refractivity contribution in [2.75, 3.05) is 0 Å². The van der Waals surface area contributed by atoms with Crippen LogP contribution in [0.15, 0.2) is 39.9 Å². The minimum atomic E-state index is 0.414. The predicted octanol–water partition coefficient (Wildman–Crippen LogP) is 3.28. The van der Waals surface area contributed by atoms with Gasteiger partial charge in [0, 0.05) is 10.2 Å². The van der Waals surface area contributed by atoms with Gasteiger partial charge in [-0.3, -0.25) is 5.10 Å². The number of hydrogen-bond donors (Lipinski definition) is 2. The average Bonchev–Trinajstić information content (AvgIpc) is 3.03. The average molecular weight is 363 g/mol. The van der Waals surface area contributed by atoms with E-state index in [1.165, 1.54) is 0 Å². The van der Waals surface area contributed by atoms with Crippen LogP contribution < -0.4 is 0 Å². The molecule has 0 unspecified atom stereocenters. The molecule has 6 nitrogen and oxygen atoms in total. The van der Waals surface area contributed by atoms with Crippen molar-refractivity contribution in [1.29, 1.82) is 0 Å². The highest BCUT2D eigenvalue weighted by Crippen LogP contribution is 2.15. The summed E-state index contributed by atoms with van der Waals surface area (Å²) >= 11 is 8.63. The maximum Gasteiger partial charge on any atom is 0.216 e. The van der Waals surface area contributed by atoms with E-state index in [-0.39, 0.29) is 0 Å². The zero-order valence-corrected chi connectivity index (χ0v) is 13.4. The molecule has 21 heavy (non-hydrogen) atoms. The first-order chi connectivity index (χ1) is 10.1. The lowest BCUT2D eigenvalue weighted by Gasteiger charge is -1.97. The minimum Gasteiger partial charge on any atom is -0.282 e. The summed E-state index contributed by atoms with van der Waals surface area (Å²) in [6.45, 7) is 1.92. The molecule has 0 saturated carbocycles. The van der Waals surface area contributed by atoms with Crippen molar-refractivity contribution in [2.24, 2.45) is 5.10 Å². The molecule has 0 atom stereocenters. The van der Waals surface area contributed by atoms with Crippen LogP contribution in [0.3, 0.4) is 0 Å². The number of benzene rings is 1. The van der Waals surface area contributed by atoms with Gasteiger partial charge in [-0.1, -0.05) is 28.1 Å². The quantitative estimate of drug-likeness (QED) is 0.554. The SMILES string of the molecule is Cc1cc(-c2n[nH]c(=S)n2/N=C\c2cccc(Br)c2)n[nH]1. The molecule has 0 aliphatic rings. The summed E-state index contributed by atoms with van der Waals surface area (Å²) in [5.41, 5.74) is 2.59. The number of halogens is 1. The molecular weight excluding hydrogens is 352 g/mol. The van der Waals surface area contributed by atoms with Crippen molar-refractivity contribution in [3.05, 3.63) is 50.8 Å². The van der Waals surface area contributed by atoms with Gasteiger partial charge in [-0.25, -0.2) is 5.10 Å². The van der Waals surface area contributed by atoms with Crippen molar-refractivity contribution in [1.82, 2.24) is 25.1 Å². The first-order valence-corrected chi connectivity index (χ1v) is 7.33. The number of rotatable bonds is 3. The molecule has 2 N–H and O–H groups in total. The van der Waals surface area contributed by atoms with Crippen molar-refractivity contribution < 1.29 is 0 Å². The van der Waals surface area contributed by atoms with Crippen molar-refractivity contribution in [3.63, 3.8) is 0 Å². The van der Waals surface area contributed by atoms with E-state index >= 15 is 0 Å². The predicted molar refractivity (Wildman–Crippen MR) is 86.9 cm³/mol. The van der Waals surface area contributed by atoms with E-state index < -0.39 is 0 Å². The Bertz CT molecular complexity index is 859. The summed E-state index contributed by atoms with van der Waals surface area (Å²) in [7, 11) is 0. The first kappa shape index (κ1) is 13.9. The van der Waals surface area contributed by atoms with Crippen LogP contribution in [0.2, 0.25) is 0 Å². The van der Waals surface area contributed by atoms with Gasteiger partial charge in [0.1, 0.15) is 5.69 Å². The Labute approximate surface area is 134 Å². The number of nitrogens with zero attached hydrogens (tertiary/aromatic N) is 4. The van der Waals surface area contributed by atoms with Crippen LogP contribution in [0.4, 0.5) is 0 Å². The highest BCUT2D eigenvalue weighted by Gasteiger charge is 2.10. The molecule has 3 aromatic rings. The highest BCUT2D eigenvalue weighted by molar-refractivity contribution is 9.10. The zero-order chi connectivity index (χ0) is 14.8. The fraction of sp³-hybridized carbons (Fsp3) is 0.0769. The summed E-state index contributed by atoms with van der Waals surface area (Å²) in [5.74, 6) is 0.565. The largest absolute Gasteiger partial charge is 0.282 e. The number of aryl methyl sites for hydroxylation is 1. The van der Waals surface area contributed by atoms with Crippen LogP contribution in [0.25, 0.3) is 11.5 Å². The fourth-order valence-electron chi connectivity index (χ4n) is 1.81. The van der Waals surface area contributed by atoms with Gasteiger partial charge in [0.25, 0.3) is 0 Å². The Morgan fingerprint density at radius 1 is 1.29 bits per heavy atom. The van der Waals surface area contributed by atoms with E-state index in [0.29, 0.717) is 16.3 Å². The number of aromatic amines is 2. The molecule has 0 saturated heterocycles. The summed E-state index contributed by atoms with van der Waals surface area (Å²) in [5, 5.41) is 18.3. The Balaban J connectivity index is 1.99. The van der Waals surface area contributed by atoms with E-state index in [1.807, 2.05) is 37.3 Å². The maximum absolute atomic E-state index is 5.20.